The van der Waals surface area contributed by atoms with Crippen molar-refractivity contribution in [3.8, 4) is 0 Å². The lowest BCUT2D eigenvalue weighted by Gasteiger charge is -2.05. The number of carboxylic acids is 1. The quantitative estimate of drug-likeness (QED) is 0.409. The van der Waals surface area contributed by atoms with Gasteiger partial charge in [-0.1, -0.05) is 12.1 Å². The molecule has 3 N–H and O–H groups in total. The third kappa shape index (κ3) is 6.61. The highest BCUT2D eigenvalue weighted by Crippen LogP contribution is 2.35. The molecule has 0 amide bonds. The summed E-state index contributed by atoms with van der Waals surface area (Å²) in [6.45, 7) is 0. The standard InChI is InChI=1S/C13H16FO5P/c14-12-6-4-10(5-7-12)9-11(13(15)16)3-1-2-8-20(17,18)19/h4-7,9H,1-3,8H2,(H,15,16)(H2,17,18,19)/b11-9+. The maximum absolute atomic E-state index is 12.7. The number of halogens is 1. The van der Waals surface area contributed by atoms with Gasteiger partial charge in [0.1, 0.15) is 5.82 Å². The van der Waals surface area contributed by atoms with Crippen LogP contribution in [0.5, 0.6) is 0 Å². The highest BCUT2D eigenvalue weighted by Gasteiger charge is 2.13. The molecule has 0 bridgehead atoms. The van der Waals surface area contributed by atoms with Crippen LogP contribution in [-0.4, -0.2) is 27.0 Å². The van der Waals surface area contributed by atoms with Crippen LogP contribution in [0.3, 0.4) is 0 Å². The van der Waals surface area contributed by atoms with Gasteiger partial charge in [-0.05, 0) is 43.0 Å². The molecule has 0 atom stereocenters. The molecule has 0 aliphatic carbocycles. The maximum atomic E-state index is 12.7. The van der Waals surface area contributed by atoms with Crippen molar-refractivity contribution in [2.24, 2.45) is 0 Å². The Hall–Kier alpha value is -1.49. The van der Waals surface area contributed by atoms with Crippen molar-refractivity contribution in [1.82, 2.24) is 0 Å². The average Bonchev–Trinajstić information content (AvgIpc) is 2.34. The monoisotopic (exact) mass is 302 g/mol. The molecular formula is C13H16FO5P. The van der Waals surface area contributed by atoms with E-state index in [9.17, 15) is 13.8 Å². The van der Waals surface area contributed by atoms with E-state index in [1.54, 1.807) is 0 Å². The SMILES string of the molecule is O=C(O)/C(=C/c1ccc(F)cc1)CCCCP(=O)(O)O. The first kappa shape index (κ1) is 16.6. The lowest BCUT2D eigenvalue weighted by molar-refractivity contribution is -0.132. The second-order valence-electron chi connectivity index (χ2n) is 4.37. The number of unbranched alkanes of at least 4 members (excludes halogenated alkanes) is 1. The number of rotatable bonds is 7. The third-order valence-corrected chi connectivity index (χ3v) is 3.53. The van der Waals surface area contributed by atoms with E-state index >= 15 is 0 Å². The second kappa shape index (κ2) is 7.33. The molecule has 0 saturated carbocycles. The van der Waals surface area contributed by atoms with Crippen LogP contribution in [0.15, 0.2) is 29.8 Å². The van der Waals surface area contributed by atoms with E-state index in [0.717, 1.165) is 0 Å². The smallest absolute Gasteiger partial charge is 0.331 e. The van der Waals surface area contributed by atoms with Gasteiger partial charge in [0.2, 0.25) is 0 Å². The first-order valence-electron chi connectivity index (χ1n) is 6.02. The minimum atomic E-state index is -4.03. The van der Waals surface area contributed by atoms with Crippen molar-refractivity contribution < 1.29 is 28.6 Å². The molecule has 0 radical (unpaired) electrons. The van der Waals surface area contributed by atoms with Crippen molar-refractivity contribution in [3.63, 3.8) is 0 Å². The number of benzene rings is 1. The number of carboxylic acid groups (broad SMARTS) is 1. The molecule has 0 saturated heterocycles. The molecule has 0 aliphatic rings. The van der Waals surface area contributed by atoms with Crippen LogP contribution in [-0.2, 0) is 9.36 Å². The molecule has 0 heterocycles. The van der Waals surface area contributed by atoms with Crippen molar-refractivity contribution in [2.75, 3.05) is 6.16 Å². The van der Waals surface area contributed by atoms with Gasteiger partial charge >= 0.3 is 13.6 Å². The van der Waals surface area contributed by atoms with E-state index in [1.807, 2.05) is 0 Å². The van der Waals surface area contributed by atoms with E-state index in [-0.39, 0.29) is 24.6 Å². The molecule has 1 aromatic rings. The largest absolute Gasteiger partial charge is 0.478 e. The summed E-state index contributed by atoms with van der Waals surface area (Å²) >= 11 is 0. The lowest BCUT2D eigenvalue weighted by Crippen LogP contribution is -2.01. The molecule has 1 aromatic carbocycles. The molecular weight excluding hydrogens is 286 g/mol. The summed E-state index contributed by atoms with van der Waals surface area (Å²) in [5.41, 5.74) is 0.695. The zero-order valence-electron chi connectivity index (χ0n) is 10.7. The van der Waals surface area contributed by atoms with E-state index < -0.39 is 19.4 Å². The van der Waals surface area contributed by atoms with E-state index in [1.165, 1.54) is 30.3 Å². The molecule has 7 heteroatoms. The molecule has 1 rings (SSSR count). The number of hydrogen-bond acceptors (Lipinski definition) is 2. The van der Waals surface area contributed by atoms with Gasteiger partial charge in [-0.25, -0.2) is 9.18 Å². The van der Waals surface area contributed by atoms with Crippen LogP contribution in [0.4, 0.5) is 4.39 Å². The Labute approximate surface area is 115 Å². The molecule has 5 nitrogen and oxygen atoms in total. The predicted molar refractivity (Wildman–Crippen MR) is 72.8 cm³/mol. The topological polar surface area (TPSA) is 94.8 Å². The van der Waals surface area contributed by atoms with Crippen LogP contribution in [0.25, 0.3) is 6.08 Å². The lowest BCUT2D eigenvalue weighted by atomic mass is 10.1. The predicted octanol–water partition coefficient (Wildman–Crippen LogP) is 2.64. The molecule has 0 spiro atoms. The summed E-state index contributed by atoms with van der Waals surface area (Å²) in [4.78, 5) is 28.5. The third-order valence-electron chi connectivity index (χ3n) is 2.63. The van der Waals surface area contributed by atoms with Gasteiger partial charge in [0.25, 0.3) is 0 Å². The van der Waals surface area contributed by atoms with Gasteiger partial charge in [0.15, 0.2) is 0 Å². The summed E-state index contributed by atoms with van der Waals surface area (Å²) in [5, 5.41) is 9.05. The highest BCUT2D eigenvalue weighted by atomic mass is 31.2. The Kier molecular flexibility index (Phi) is 6.07. The fraction of sp³-hybridized carbons (Fsp3) is 0.308. The first-order chi connectivity index (χ1) is 9.28. The van der Waals surface area contributed by atoms with Crippen LogP contribution in [0.2, 0.25) is 0 Å². The molecule has 0 unspecified atom stereocenters. The van der Waals surface area contributed by atoms with E-state index in [0.29, 0.717) is 12.0 Å². The fourth-order valence-corrected chi connectivity index (χ4v) is 2.27. The summed E-state index contributed by atoms with van der Waals surface area (Å²) in [5.74, 6) is -1.49. The van der Waals surface area contributed by atoms with Crippen molar-refractivity contribution in [3.05, 3.63) is 41.2 Å². The molecule has 20 heavy (non-hydrogen) atoms. The summed E-state index contributed by atoms with van der Waals surface area (Å²) in [6.07, 6.45) is 1.99. The van der Waals surface area contributed by atoms with Crippen LogP contribution >= 0.6 is 7.60 Å². The number of hydrogen-bond donors (Lipinski definition) is 3. The first-order valence-corrected chi connectivity index (χ1v) is 7.82. The molecule has 0 aliphatic heterocycles. The molecule has 0 aromatic heterocycles. The van der Waals surface area contributed by atoms with Crippen LogP contribution in [0.1, 0.15) is 24.8 Å². The van der Waals surface area contributed by atoms with Gasteiger partial charge in [0.05, 0.1) is 0 Å². The van der Waals surface area contributed by atoms with Gasteiger partial charge in [-0.15, -0.1) is 0 Å². The summed E-state index contributed by atoms with van der Waals surface area (Å²) < 4.78 is 23.4. The summed E-state index contributed by atoms with van der Waals surface area (Å²) in [7, 11) is -4.03. The fourth-order valence-electron chi connectivity index (χ4n) is 1.63. The Morgan fingerprint density at radius 2 is 1.80 bits per heavy atom. The van der Waals surface area contributed by atoms with Crippen LogP contribution < -0.4 is 0 Å². The zero-order chi connectivity index (χ0) is 15.2. The van der Waals surface area contributed by atoms with Gasteiger partial charge in [0, 0.05) is 11.7 Å². The van der Waals surface area contributed by atoms with Crippen molar-refractivity contribution in [2.45, 2.75) is 19.3 Å². The van der Waals surface area contributed by atoms with Gasteiger partial charge in [-0.3, -0.25) is 4.57 Å². The summed E-state index contributed by atoms with van der Waals surface area (Å²) in [6, 6.07) is 5.40. The highest BCUT2D eigenvalue weighted by molar-refractivity contribution is 7.51. The van der Waals surface area contributed by atoms with Gasteiger partial charge < -0.3 is 14.9 Å². The van der Waals surface area contributed by atoms with Crippen molar-refractivity contribution in [1.29, 1.82) is 0 Å². The normalized spacial score (nSPS) is 12.4. The Balaban J connectivity index is 2.63. The molecule has 0 fully saturated rings. The van der Waals surface area contributed by atoms with Crippen molar-refractivity contribution >= 4 is 19.6 Å². The minimum absolute atomic E-state index is 0.127. The Bertz CT molecular complexity index is 532. The van der Waals surface area contributed by atoms with E-state index in [2.05, 4.69) is 0 Å². The van der Waals surface area contributed by atoms with Crippen LogP contribution in [0, 0.1) is 5.82 Å². The number of aliphatic carboxylic acids is 1. The van der Waals surface area contributed by atoms with E-state index in [4.69, 9.17) is 14.9 Å². The minimum Gasteiger partial charge on any atom is -0.478 e. The zero-order valence-corrected chi connectivity index (χ0v) is 11.6. The maximum Gasteiger partial charge on any atom is 0.331 e. The number of carbonyl (C=O) groups is 1. The van der Waals surface area contributed by atoms with Gasteiger partial charge in [-0.2, -0.15) is 0 Å². The Morgan fingerprint density at radius 1 is 1.20 bits per heavy atom. The average molecular weight is 302 g/mol. The Morgan fingerprint density at radius 3 is 2.30 bits per heavy atom. The molecule has 110 valence electrons. The second-order valence-corrected chi connectivity index (χ2v) is 6.15.